The van der Waals surface area contributed by atoms with Crippen molar-refractivity contribution < 1.29 is 4.79 Å². The van der Waals surface area contributed by atoms with Crippen LogP contribution in [0.3, 0.4) is 0 Å². The molecule has 0 bridgehead atoms. The van der Waals surface area contributed by atoms with Crippen LogP contribution in [0.1, 0.15) is 96.8 Å². The summed E-state index contributed by atoms with van der Waals surface area (Å²) in [5.74, 6) is 0.488. The summed E-state index contributed by atoms with van der Waals surface area (Å²) in [5.41, 5.74) is 0. The van der Waals surface area contributed by atoms with E-state index in [1.807, 2.05) is 6.08 Å². The van der Waals surface area contributed by atoms with Crippen molar-refractivity contribution in [1.29, 1.82) is 0 Å². The summed E-state index contributed by atoms with van der Waals surface area (Å²) >= 11 is 0. The van der Waals surface area contributed by atoms with E-state index in [2.05, 4.69) is 13.5 Å². The van der Waals surface area contributed by atoms with Crippen LogP contribution >= 0.6 is 0 Å². The molecule has 0 unspecified atom stereocenters. The Morgan fingerprint density at radius 1 is 0.789 bits per heavy atom. The number of rotatable bonds is 15. The average Bonchev–Trinajstić information content (AvgIpc) is 2.41. The Morgan fingerprint density at radius 3 is 1.79 bits per heavy atom. The SMILES string of the molecule is C=CCCCCCCCC(=O)CCCCCCCC. The first-order chi connectivity index (χ1) is 9.31. The molecule has 1 nitrogen and oxygen atoms in total. The molecule has 1 heteroatoms. The van der Waals surface area contributed by atoms with Gasteiger partial charge >= 0.3 is 0 Å². The maximum atomic E-state index is 11.7. The fraction of sp³-hybridized carbons (Fsp3) is 0.833. The van der Waals surface area contributed by atoms with Gasteiger partial charge in [0.1, 0.15) is 5.78 Å². The van der Waals surface area contributed by atoms with Crippen LogP contribution in [-0.4, -0.2) is 5.78 Å². The Hall–Kier alpha value is -0.590. The third kappa shape index (κ3) is 15.4. The van der Waals surface area contributed by atoms with E-state index in [1.54, 1.807) is 0 Å². The maximum Gasteiger partial charge on any atom is 0.132 e. The van der Waals surface area contributed by atoms with Crippen LogP contribution in [0.5, 0.6) is 0 Å². The molecule has 0 radical (unpaired) electrons. The molecule has 19 heavy (non-hydrogen) atoms. The summed E-state index contributed by atoms with van der Waals surface area (Å²) in [6, 6.07) is 0. The minimum Gasteiger partial charge on any atom is -0.300 e. The van der Waals surface area contributed by atoms with Gasteiger partial charge in [-0.25, -0.2) is 0 Å². The zero-order valence-electron chi connectivity index (χ0n) is 13.1. The molecule has 0 spiro atoms. The number of carbonyl (C=O) groups is 1. The Kier molecular flexibility index (Phi) is 15.0. The summed E-state index contributed by atoms with van der Waals surface area (Å²) in [6.45, 7) is 5.96. The lowest BCUT2D eigenvalue weighted by molar-refractivity contribution is -0.119. The van der Waals surface area contributed by atoms with Crippen molar-refractivity contribution in [2.75, 3.05) is 0 Å². The summed E-state index contributed by atoms with van der Waals surface area (Å²) in [7, 11) is 0. The van der Waals surface area contributed by atoms with Gasteiger partial charge in [-0.3, -0.25) is 4.79 Å². The van der Waals surface area contributed by atoms with Crippen molar-refractivity contribution in [3.63, 3.8) is 0 Å². The second-order valence-corrected chi connectivity index (χ2v) is 5.65. The van der Waals surface area contributed by atoms with Crippen molar-refractivity contribution in [2.45, 2.75) is 96.8 Å². The van der Waals surface area contributed by atoms with Gasteiger partial charge in [0, 0.05) is 12.8 Å². The summed E-state index contributed by atoms with van der Waals surface area (Å²) in [6.07, 6.45) is 18.6. The smallest absolute Gasteiger partial charge is 0.132 e. The molecular weight excluding hydrogens is 232 g/mol. The van der Waals surface area contributed by atoms with Crippen LogP contribution in [0.2, 0.25) is 0 Å². The van der Waals surface area contributed by atoms with Crippen LogP contribution in [0.4, 0.5) is 0 Å². The van der Waals surface area contributed by atoms with Crippen molar-refractivity contribution in [3.05, 3.63) is 12.7 Å². The number of hydrogen-bond acceptors (Lipinski definition) is 1. The Morgan fingerprint density at radius 2 is 1.26 bits per heavy atom. The van der Waals surface area contributed by atoms with Gasteiger partial charge in [-0.05, 0) is 25.7 Å². The lowest BCUT2D eigenvalue weighted by Gasteiger charge is -2.02. The van der Waals surface area contributed by atoms with E-state index in [4.69, 9.17) is 0 Å². The van der Waals surface area contributed by atoms with Gasteiger partial charge in [0.2, 0.25) is 0 Å². The molecule has 0 aliphatic rings. The highest BCUT2D eigenvalue weighted by Gasteiger charge is 2.01. The highest BCUT2D eigenvalue weighted by atomic mass is 16.1. The zero-order valence-corrected chi connectivity index (χ0v) is 13.1. The molecule has 0 saturated heterocycles. The molecule has 0 aliphatic heterocycles. The van der Waals surface area contributed by atoms with Gasteiger partial charge in [-0.15, -0.1) is 6.58 Å². The van der Waals surface area contributed by atoms with E-state index in [0.29, 0.717) is 5.78 Å². The lowest BCUT2D eigenvalue weighted by Crippen LogP contribution is -1.97. The first-order valence-electron chi connectivity index (χ1n) is 8.43. The quantitative estimate of drug-likeness (QED) is 0.254. The predicted octanol–water partition coefficient (Wildman–Crippen LogP) is 6.22. The fourth-order valence-electron chi connectivity index (χ4n) is 2.37. The number of carbonyl (C=O) groups excluding carboxylic acids is 1. The Bertz CT molecular complexity index is 208. The third-order valence-corrected chi connectivity index (χ3v) is 3.67. The monoisotopic (exact) mass is 266 g/mol. The summed E-state index contributed by atoms with van der Waals surface area (Å²) in [4.78, 5) is 11.7. The van der Waals surface area contributed by atoms with Crippen molar-refractivity contribution in [2.24, 2.45) is 0 Å². The van der Waals surface area contributed by atoms with Gasteiger partial charge in [0.15, 0.2) is 0 Å². The molecule has 0 atom stereocenters. The molecule has 0 aromatic rings. The molecular formula is C18H34O. The molecule has 112 valence electrons. The van der Waals surface area contributed by atoms with Crippen LogP contribution < -0.4 is 0 Å². The van der Waals surface area contributed by atoms with E-state index in [1.165, 1.54) is 57.8 Å². The van der Waals surface area contributed by atoms with Crippen molar-refractivity contribution >= 4 is 5.78 Å². The van der Waals surface area contributed by atoms with Crippen LogP contribution in [0, 0.1) is 0 Å². The van der Waals surface area contributed by atoms with E-state index in [9.17, 15) is 4.79 Å². The van der Waals surface area contributed by atoms with E-state index < -0.39 is 0 Å². The Balaban J connectivity index is 3.14. The molecule has 0 rings (SSSR count). The molecule has 0 aromatic heterocycles. The van der Waals surface area contributed by atoms with Gasteiger partial charge < -0.3 is 0 Å². The van der Waals surface area contributed by atoms with Gasteiger partial charge in [-0.1, -0.05) is 64.4 Å². The van der Waals surface area contributed by atoms with Gasteiger partial charge in [0.25, 0.3) is 0 Å². The molecule has 0 aliphatic carbocycles. The Labute approximate surface area is 120 Å². The minimum absolute atomic E-state index is 0.488. The average molecular weight is 266 g/mol. The molecule has 0 saturated carbocycles. The van der Waals surface area contributed by atoms with E-state index >= 15 is 0 Å². The normalized spacial score (nSPS) is 10.6. The van der Waals surface area contributed by atoms with Gasteiger partial charge in [-0.2, -0.15) is 0 Å². The molecule has 0 fully saturated rings. The second-order valence-electron chi connectivity index (χ2n) is 5.65. The van der Waals surface area contributed by atoms with E-state index in [0.717, 1.165) is 32.1 Å². The fourth-order valence-corrected chi connectivity index (χ4v) is 2.37. The molecule has 0 amide bonds. The summed E-state index contributed by atoms with van der Waals surface area (Å²) in [5, 5.41) is 0. The highest BCUT2D eigenvalue weighted by molar-refractivity contribution is 5.78. The highest BCUT2D eigenvalue weighted by Crippen LogP contribution is 2.11. The van der Waals surface area contributed by atoms with Crippen LogP contribution in [0.25, 0.3) is 0 Å². The first kappa shape index (κ1) is 18.4. The van der Waals surface area contributed by atoms with Crippen LogP contribution in [-0.2, 0) is 4.79 Å². The number of unbranched alkanes of at least 4 members (excludes halogenated alkanes) is 10. The largest absolute Gasteiger partial charge is 0.300 e. The van der Waals surface area contributed by atoms with Crippen LogP contribution in [0.15, 0.2) is 12.7 Å². The molecule has 0 heterocycles. The lowest BCUT2D eigenvalue weighted by atomic mass is 10.0. The van der Waals surface area contributed by atoms with Gasteiger partial charge in [0.05, 0.1) is 0 Å². The second kappa shape index (κ2) is 15.5. The number of Topliss-reactive ketones (excluding diaryl/α,β-unsaturated/α-hetero) is 1. The molecule has 0 aromatic carbocycles. The third-order valence-electron chi connectivity index (χ3n) is 3.67. The topological polar surface area (TPSA) is 17.1 Å². The van der Waals surface area contributed by atoms with Crippen molar-refractivity contribution in [3.8, 4) is 0 Å². The zero-order chi connectivity index (χ0) is 14.2. The minimum atomic E-state index is 0.488. The first-order valence-corrected chi connectivity index (χ1v) is 8.43. The molecule has 0 N–H and O–H groups in total. The van der Waals surface area contributed by atoms with Crippen molar-refractivity contribution in [1.82, 2.24) is 0 Å². The predicted molar refractivity (Wildman–Crippen MR) is 85.5 cm³/mol. The standard InChI is InChI=1S/C18H34O/c1-3-5-7-9-11-13-15-17-18(19)16-14-12-10-8-6-4-2/h3H,1,4-17H2,2H3. The number of hydrogen-bond donors (Lipinski definition) is 0. The summed E-state index contributed by atoms with van der Waals surface area (Å²) < 4.78 is 0. The maximum absolute atomic E-state index is 11.7. The number of ketones is 1. The number of allylic oxidation sites excluding steroid dienone is 1. The van der Waals surface area contributed by atoms with E-state index in [-0.39, 0.29) is 0 Å².